The molecule has 0 atom stereocenters. The molecule has 0 bridgehead atoms. The highest BCUT2D eigenvalue weighted by molar-refractivity contribution is 5.90. The summed E-state index contributed by atoms with van der Waals surface area (Å²) in [4.78, 5) is 12.0. The summed E-state index contributed by atoms with van der Waals surface area (Å²) in [7, 11) is 3.15. The molecule has 0 aliphatic rings. The monoisotopic (exact) mass is 380 g/mol. The minimum absolute atomic E-state index is 0. The molecule has 5 nitrogen and oxygen atoms in total. The van der Waals surface area contributed by atoms with Crippen molar-refractivity contribution >= 4 is 11.6 Å². The smallest absolute Gasteiger partial charge is 0.230 e. The number of pyridine rings is 1. The first-order valence-electron chi connectivity index (χ1n) is 7.10. The van der Waals surface area contributed by atoms with E-state index >= 15 is 0 Å². The van der Waals surface area contributed by atoms with E-state index in [1.807, 2.05) is 36.0 Å². The fraction of sp³-hybridized carbons (Fsp3) is 0.294. The molecule has 0 radical (unpaired) electrons. The number of aryl methyl sites for hydroxylation is 2. The van der Waals surface area contributed by atoms with Gasteiger partial charge >= 0.3 is 0 Å². The predicted octanol–water partition coefficient (Wildman–Crippen LogP) is -0.667. The molecule has 0 saturated heterocycles. The van der Waals surface area contributed by atoms with Crippen LogP contribution in [0.4, 0.5) is 5.69 Å². The van der Waals surface area contributed by atoms with E-state index in [1.165, 1.54) is 5.56 Å². The highest BCUT2D eigenvalue weighted by Gasteiger charge is 2.09. The van der Waals surface area contributed by atoms with E-state index < -0.39 is 0 Å². The highest BCUT2D eigenvalue weighted by Crippen LogP contribution is 2.29. The summed E-state index contributed by atoms with van der Waals surface area (Å²) in [6.45, 7) is 2.67. The Hall–Kier alpha value is -2.08. The molecule has 1 aromatic carbocycles. The lowest BCUT2D eigenvalue weighted by Gasteiger charge is -2.10. The molecule has 0 spiro atoms. The number of methoxy groups -OCH3 is 2. The fourth-order valence-electron chi connectivity index (χ4n) is 2.05. The lowest BCUT2D eigenvalue weighted by Crippen LogP contribution is -3.00. The fourth-order valence-corrected chi connectivity index (χ4v) is 2.05. The molecule has 0 fully saturated rings. The van der Waals surface area contributed by atoms with E-state index in [0.29, 0.717) is 30.2 Å². The summed E-state index contributed by atoms with van der Waals surface area (Å²) in [5.41, 5.74) is 1.89. The third-order valence-electron chi connectivity index (χ3n) is 3.32. The van der Waals surface area contributed by atoms with Gasteiger partial charge in [0.05, 0.1) is 20.6 Å². The van der Waals surface area contributed by atoms with Gasteiger partial charge in [0.2, 0.25) is 5.91 Å². The molecule has 0 unspecified atom stereocenters. The molecular formula is C17H21BrN2O3. The van der Waals surface area contributed by atoms with Gasteiger partial charge in [-0.15, -0.1) is 0 Å². The minimum Gasteiger partial charge on any atom is -1.00 e. The van der Waals surface area contributed by atoms with Crippen molar-refractivity contribution in [3.05, 3.63) is 48.3 Å². The Labute approximate surface area is 147 Å². The van der Waals surface area contributed by atoms with Crippen molar-refractivity contribution in [2.75, 3.05) is 19.5 Å². The van der Waals surface area contributed by atoms with Gasteiger partial charge in [-0.1, -0.05) is 0 Å². The number of hydrogen-bond acceptors (Lipinski definition) is 3. The van der Waals surface area contributed by atoms with E-state index in [-0.39, 0.29) is 22.9 Å². The zero-order valence-corrected chi connectivity index (χ0v) is 15.1. The first kappa shape index (κ1) is 19.0. The molecule has 1 heterocycles. The van der Waals surface area contributed by atoms with E-state index in [1.54, 1.807) is 32.4 Å². The first-order valence-corrected chi connectivity index (χ1v) is 7.10. The second-order valence-corrected chi connectivity index (χ2v) is 4.98. The Balaban J connectivity index is 0.00000264. The van der Waals surface area contributed by atoms with Gasteiger partial charge < -0.3 is 31.8 Å². The molecule has 2 rings (SSSR count). The van der Waals surface area contributed by atoms with Crippen molar-refractivity contribution in [1.29, 1.82) is 0 Å². The van der Waals surface area contributed by atoms with Gasteiger partial charge in [-0.3, -0.25) is 4.79 Å². The topological polar surface area (TPSA) is 51.4 Å². The standard InChI is InChI=1S/C17H20N2O3.BrH/c1-13-6-9-19(10-7-13)11-8-17(20)18-14-4-5-15(21-2)16(12-14)22-3;/h4-7,9-10,12H,8,11H2,1-3H3;1H. The second kappa shape index (κ2) is 9.15. The van der Waals surface area contributed by atoms with E-state index in [9.17, 15) is 4.79 Å². The van der Waals surface area contributed by atoms with Crippen LogP contribution in [0.3, 0.4) is 0 Å². The van der Waals surface area contributed by atoms with Gasteiger partial charge in [-0.25, -0.2) is 4.57 Å². The Morgan fingerprint density at radius 3 is 2.35 bits per heavy atom. The number of hydrogen-bond donors (Lipinski definition) is 1. The molecule has 6 heteroatoms. The van der Waals surface area contributed by atoms with Crippen molar-refractivity contribution in [2.45, 2.75) is 19.9 Å². The second-order valence-electron chi connectivity index (χ2n) is 4.98. The molecule has 0 aliphatic carbocycles. The Morgan fingerprint density at radius 2 is 1.74 bits per heavy atom. The highest BCUT2D eigenvalue weighted by atomic mass is 79.9. The molecule has 124 valence electrons. The van der Waals surface area contributed by atoms with E-state index in [2.05, 4.69) is 5.32 Å². The molecular weight excluding hydrogens is 360 g/mol. The van der Waals surface area contributed by atoms with E-state index in [0.717, 1.165) is 0 Å². The van der Waals surface area contributed by atoms with Gasteiger partial charge in [0.15, 0.2) is 30.4 Å². The summed E-state index contributed by atoms with van der Waals surface area (Å²) >= 11 is 0. The first-order chi connectivity index (χ1) is 10.6. The zero-order chi connectivity index (χ0) is 15.9. The molecule has 23 heavy (non-hydrogen) atoms. The number of carbonyl (C=O) groups is 1. The SMILES string of the molecule is COc1ccc(NC(=O)CC[n+]2ccc(C)cc2)cc1OC.[Br-]. The number of nitrogens with zero attached hydrogens (tertiary/aromatic N) is 1. The van der Waals surface area contributed by atoms with Crippen LogP contribution in [0.5, 0.6) is 11.5 Å². The largest absolute Gasteiger partial charge is 1.00 e. The normalized spacial score (nSPS) is 9.70. The number of carbonyl (C=O) groups excluding carboxylic acids is 1. The van der Waals surface area contributed by atoms with Gasteiger partial charge in [-0.05, 0) is 24.6 Å². The molecule has 1 N–H and O–H groups in total. The van der Waals surface area contributed by atoms with Gasteiger partial charge in [0.1, 0.15) is 0 Å². The molecule has 0 aliphatic heterocycles. The van der Waals surface area contributed by atoms with Crippen molar-refractivity contribution in [1.82, 2.24) is 0 Å². The zero-order valence-electron chi connectivity index (χ0n) is 13.5. The van der Waals surface area contributed by atoms with Crippen molar-refractivity contribution in [3.8, 4) is 11.5 Å². The minimum atomic E-state index is -0.0414. The van der Waals surface area contributed by atoms with Crippen LogP contribution in [0.15, 0.2) is 42.7 Å². The number of nitrogens with one attached hydrogen (secondary N) is 1. The third kappa shape index (κ3) is 5.56. The predicted molar refractivity (Wildman–Crippen MR) is 84.2 cm³/mol. The van der Waals surface area contributed by atoms with Crippen LogP contribution in [0, 0.1) is 6.92 Å². The maximum atomic E-state index is 12.0. The average Bonchev–Trinajstić information content (AvgIpc) is 2.54. The van der Waals surface area contributed by atoms with Crippen LogP contribution in [0.25, 0.3) is 0 Å². The van der Waals surface area contributed by atoms with Gasteiger partial charge in [0.25, 0.3) is 0 Å². The summed E-state index contributed by atoms with van der Waals surface area (Å²) < 4.78 is 12.4. The summed E-state index contributed by atoms with van der Waals surface area (Å²) in [5, 5.41) is 2.86. The Bertz CT molecular complexity index is 645. The van der Waals surface area contributed by atoms with Crippen LogP contribution in [-0.4, -0.2) is 20.1 Å². The molecule has 1 aromatic heterocycles. The summed E-state index contributed by atoms with van der Waals surface area (Å²) in [6.07, 6.45) is 4.35. The van der Waals surface area contributed by atoms with Crippen LogP contribution in [0.2, 0.25) is 0 Å². The van der Waals surface area contributed by atoms with E-state index in [4.69, 9.17) is 9.47 Å². The van der Waals surface area contributed by atoms with Crippen LogP contribution in [0.1, 0.15) is 12.0 Å². The molecule has 2 aromatic rings. The number of anilines is 1. The average molecular weight is 381 g/mol. The Morgan fingerprint density at radius 1 is 1.09 bits per heavy atom. The molecule has 1 amide bonds. The van der Waals surface area contributed by atoms with Crippen LogP contribution < -0.4 is 36.3 Å². The van der Waals surface area contributed by atoms with Crippen molar-refractivity contribution < 1.29 is 35.8 Å². The number of ether oxygens (including phenoxy) is 2. The van der Waals surface area contributed by atoms with Gasteiger partial charge in [-0.2, -0.15) is 0 Å². The summed E-state index contributed by atoms with van der Waals surface area (Å²) in [5.74, 6) is 1.18. The summed E-state index contributed by atoms with van der Waals surface area (Å²) in [6, 6.07) is 9.34. The van der Waals surface area contributed by atoms with Crippen molar-refractivity contribution in [3.63, 3.8) is 0 Å². The Kier molecular flexibility index (Phi) is 7.54. The molecule has 0 saturated carbocycles. The third-order valence-corrected chi connectivity index (χ3v) is 3.32. The quantitative estimate of drug-likeness (QED) is 0.676. The van der Waals surface area contributed by atoms with Crippen LogP contribution in [-0.2, 0) is 11.3 Å². The van der Waals surface area contributed by atoms with Gasteiger partial charge in [0, 0.05) is 23.9 Å². The number of halogens is 1. The number of aromatic nitrogens is 1. The number of benzene rings is 1. The lowest BCUT2D eigenvalue weighted by atomic mass is 10.2. The maximum absolute atomic E-state index is 12.0. The maximum Gasteiger partial charge on any atom is 0.230 e. The van der Waals surface area contributed by atoms with Crippen molar-refractivity contribution in [2.24, 2.45) is 0 Å². The lowest BCUT2D eigenvalue weighted by molar-refractivity contribution is -0.695. The van der Waals surface area contributed by atoms with Crippen LogP contribution >= 0.6 is 0 Å². The number of rotatable bonds is 6. The number of amides is 1.